The summed E-state index contributed by atoms with van der Waals surface area (Å²) in [6.07, 6.45) is 0.298. The van der Waals surface area contributed by atoms with Gasteiger partial charge in [0.1, 0.15) is 6.29 Å². The number of benzene rings is 1. The summed E-state index contributed by atoms with van der Waals surface area (Å²) in [5, 5.41) is 0.372. The van der Waals surface area contributed by atoms with Crippen LogP contribution in [0.5, 0.6) is 0 Å². The maximum absolute atomic E-state index is 12.6. The number of hydrogen-bond donors (Lipinski definition) is 0. The number of nitrogens with zero attached hydrogens (tertiary/aromatic N) is 1. The minimum atomic E-state index is -4.41. The summed E-state index contributed by atoms with van der Waals surface area (Å²) >= 11 is 5.84. The van der Waals surface area contributed by atoms with Crippen molar-refractivity contribution in [3.05, 3.63) is 63.9 Å². The van der Waals surface area contributed by atoms with Crippen LogP contribution in [0.15, 0.2) is 36.5 Å². The summed E-state index contributed by atoms with van der Waals surface area (Å²) < 4.78 is 37.7. The van der Waals surface area contributed by atoms with Gasteiger partial charge in [-0.15, -0.1) is 0 Å². The zero-order valence-corrected chi connectivity index (χ0v) is 11.3. The van der Waals surface area contributed by atoms with Gasteiger partial charge in [0.2, 0.25) is 0 Å². The fourth-order valence-corrected chi connectivity index (χ4v) is 1.95. The van der Waals surface area contributed by atoms with Crippen LogP contribution in [0, 0.1) is 0 Å². The zero-order chi connectivity index (χ0) is 15.5. The van der Waals surface area contributed by atoms with E-state index in [4.69, 9.17) is 11.6 Å². The van der Waals surface area contributed by atoms with Gasteiger partial charge in [-0.05, 0) is 42.0 Å². The number of aromatic nitrogens is 1. The standard InChI is InChI=1S/C15H9ClF3NO/c16-13-6-10(5-11(7-13)9-21)1-2-14-8-12(3-4-20-14)15(17,18)19/h1-9H/b2-1+. The zero-order valence-electron chi connectivity index (χ0n) is 10.6. The number of aldehydes is 1. The molecule has 2 rings (SSSR count). The SMILES string of the molecule is O=Cc1cc(Cl)cc(/C=C/c2cc(C(F)(F)F)ccn2)c1. The Morgan fingerprint density at radius 1 is 1.05 bits per heavy atom. The first-order valence-electron chi connectivity index (χ1n) is 5.85. The van der Waals surface area contributed by atoms with Crippen molar-refractivity contribution in [1.29, 1.82) is 0 Å². The van der Waals surface area contributed by atoms with E-state index in [0.717, 1.165) is 18.3 Å². The first kappa shape index (κ1) is 15.3. The Morgan fingerprint density at radius 2 is 1.76 bits per heavy atom. The Hall–Kier alpha value is -2.14. The van der Waals surface area contributed by atoms with Crippen molar-refractivity contribution in [2.75, 3.05) is 0 Å². The number of halogens is 4. The number of hydrogen-bond acceptors (Lipinski definition) is 2. The largest absolute Gasteiger partial charge is 0.416 e. The van der Waals surface area contributed by atoms with Gasteiger partial charge in [-0.25, -0.2) is 0 Å². The lowest BCUT2D eigenvalue weighted by Gasteiger charge is -2.06. The smallest absolute Gasteiger partial charge is 0.298 e. The Balaban J connectivity index is 2.29. The molecule has 0 bridgehead atoms. The van der Waals surface area contributed by atoms with Gasteiger partial charge in [-0.2, -0.15) is 13.2 Å². The minimum absolute atomic E-state index is 0.164. The van der Waals surface area contributed by atoms with Gasteiger partial charge >= 0.3 is 6.18 Å². The van der Waals surface area contributed by atoms with E-state index in [-0.39, 0.29) is 5.69 Å². The molecule has 0 unspecified atom stereocenters. The lowest BCUT2D eigenvalue weighted by molar-refractivity contribution is -0.137. The van der Waals surface area contributed by atoms with Gasteiger partial charge in [0.05, 0.1) is 11.3 Å². The summed E-state index contributed by atoms with van der Waals surface area (Å²) in [6.45, 7) is 0. The average molecular weight is 312 g/mol. The van der Waals surface area contributed by atoms with Crippen molar-refractivity contribution >= 4 is 30.0 Å². The first-order valence-corrected chi connectivity index (χ1v) is 6.23. The van der Waals surface area contributed by atoms with Crippen molar-refractivity contribution in [2.45, 2.75) is 6.18 Å². The highest BCUT2D eigenvalue weighted by molar-refractivity contribution is 6.31. The molecule has 0 saturated carbocycles. The molecule has 108 valence electrons. The fraction of sp³-hybridized carbons (Fsp3) is 0.0667. The lowest BCUT2D eigenvalue weighted by Crippen LogP contribution is -2.05. The van der Waals surface area contributed by atoms with E-state index in [1.54, 1.807) is 18.2 Å². The van der Waals surface area contributed by atoms with Gasteiger partial charge in [0, 0.05) is 16.8 Å². The normalized spacial score (nSPS) is 11.8. The fourth-order valence-electron chi connectivity index (χ4n) is 1.70. The van der Waals surface area contributed by atoms with E-state index in [2.05, 4.69) is 4.98 Å². The number of carbonyl (C=O) groups excluding carboxylic acids is 1. The summed E-state index contributed by atoms with van der Waals surface area (Å²) in [6, 6.07) is 6.51. The number of alkyl halides is 3. The molecule has 21 heavy (non-hydrogen) atoms. The molecule has 0 aliphatic heterocycles. The molecule has 0 aliphatic rings. The first-order chi connectivity index (χ1) is 9.88. The molecule has 6 heteroatoms. The highest BCUT2D eigenvalue weighted by atomic mass is 35.5. The molecule has 1 aromatic heterocycles. The van der Waals surface area contributed by atoms with Crippen molar-refractivity contribution in [1.82, 2.24) is 4.98 Å². The molecule has 0 fully saturated rings. The molecule has 0 spiro atoms. The van der Waals surface area contributed by atoms with Gasteiger partial charge in [0.25, 0.3) is 0 Å². The van der Waals surface area contributed by atoms with E-state index < -0.39 is 11.7 Å². The summed E-state index contributed by atoms with van der Waals surface area (Å²) in [5.41, 5.74) is 0.386. The van der Waals surface area contributed by atoms with Crippen LogP contribution in [-0.4, -0.2) is 11.3 Å². The van der Waals surface area contributed by atoms with Crippen LogP contribution < -0.4 is 0 Å². The molecular weight excluding hydrogens is 303 g/mol. The van der Waals surface area contributed by atoms with Crippen LogP contribution in [-0.2, 0) is 6.18 Å². The van der Waals surface area contributed by atoms with E-state index in [1.807, 2.05) is 0 Å². The van der Waals surface area contributed by atoms with E-state index in [1.165, 1.54) is 12.1 Å². The predicted molar refractivity (Wildman–Crippen MR) is 75.0 cm³/mol. The van der Waals surface area contributed by atoms with Crippen molar-refractivity contribution < 1.29 is 18.0 Å². The molecule has 0 aliphatic carbocycles. The van der Waals surface area contributed by atoms with Crippen molar-refractivity contribution in [2.24, 2.45) is 0 Å². The van der Waals surface area contributed by atoms with Crippen LogP contribution in [0.2, 0.25) is 5.02 Å². The third-order valence-corrected chi connectivity index (χ3v) is 2.85. The highest BCUT2D eigenvalue weighted by Crippen LogP contribution is 2.29. The maximum Gasteiger partial charge on any atom is 0.416 e. The van der Waals surface area contributed by atoms with Crippen LogP contribution >= 0.6 is 11.6 Å². The summed E-state index contributed by atoms with van der Waals surface area (Å²) in [7, 11) is 0. The van der Waals surface area contributed by atoms with E-state index in [0.29, 0.717) is 22.4 Å². The molecule has 0 amide bonds. The van der Waals surface area contributed by atoms with Crippen molar-refractivity contribution in [3.63, 3.8) is 0 Å². The van der Waals surface area contributed by atoms with Crippen molar-refractivity contribution in [3.8, 4) is 0 Å². The third kappa shape index (κ3) is 4.16. The molecule has 0 radical (unpaired) electrons. The molecule has 1 aromatic carbocycles. The van der Waals surface area contributed by atoms with E-state index >= 15 is 0 Å². The quantitative estimate of drug-likeness (QED) is 0.767. The monoisotopic (exact) mass is 311 g/mol. The molecule has 0 N–H and O–H groups in total. The van der Waals surface area contributed by atoms with Crippen LogP contribution in [0.4, 0.5) is 13.2 Å². The second-order valence-electron chi connectivity index (χ2n) is 4.24. The molecule has 0 saturated heterocycles. The Bertz CT molecular complexity index is 696. The number of rotatable bonds is 3. The summed E-state index contributed by atoms with van der Waals surface area (Å²) in [4.78, 5) is 14.6. The molecule has 1 heterocycles. The number of carbonyl (C=O) groups is 1. The second kappa shape index (κ2) is 6.10. The predicted octanol–water partition coefficient (Wildman–Crippen LogP) is 4.74. The van der Waals surface area contributed by atoms with Gasteiger partial charge in [-0.3, -0.25) is 9.78 Å². The third-order valence-electron chi connectivity index (χ3n) is 2.63. The molecular formula is C15H9ClF3NO. The maximum atomic E-state index is 12.6. The van der Waals surface area contributed by atoms with Gasteiger partial charge < -0.3 is 0 Å². The van der Waals surface area contributed by atoms with Gasteiger partial charge in [0.15, 0.2) is 0 Å². The molecule has 2 aromatic rings. The Kier molecular flexibility index (Phi) is 4.43. The summed E-state index contributed by atoms with van der Waals surface area (Å²) in [5.74, 6) is 0. The van der Waals surface area contributed by atoms with Crippen LogP contribution in [0.3, 0.4) is 0 Å². The highest BCUT2D eigenvalue weighted by Gasteiger charge is 2.30. The molecule has 0 atom stereocenters. The van der Waals surface area contributed by atoms with Crippen LogP contribution in [0.25, 0.3) is 12.2 Å². The van der Waals surface area contributed by atoms with Crippen LogP contribution in [0.1, 0.15) is 27.2 Å². The second-order valence-corrected chi connectivity index (χ2v) is 4.67. The Labute approximate surface area is 123 Å². The molecule has 2 nitrogen and oxygen atoms in total. The van der Waals surface area contributed by atoms with E-state index in [9.17, 15) is 18.0 Å². The average Bonchev–Trinajstić information content (AvgIpc) is 2.44. The minimum Gasteiger partial charge on any atom is -0.298 e. The Morgan fingerprint density at radius 3 is 2.43 bits per heavy atom. The number of pyridine rings is 1. The lowest BCUT2D eigenvalue weighted by atomic mass is 10.1. The van der Waals surface area contributed by atoms with Gasteiger partial charge in [-0.1, -0.05) is 17.7 Å². The topological polar surface area (TPSA) is 30.0 Å².